The lowest BCUT2D eigenvalue weighted by Crippen LogP contribution is -2.36. The number of para-hydroxylation sites is 2. The first kappa shape index (κ1) is 23.7. The lowest BCUT2D eigenvalue weighted by molar-refractivity contribution is -0.124. The van der Waals surface area contributed by atoms with Crippen molar-refractivity contribution in [3.05, 3.63) is 102 Å². The summed E-state index contributed by atoms with van der Waals surface area (Å²) in [5.41, 5.74) is 7.06. The van der Waals surface area contributed by atoms with Gasteiger partial charge >= 0.3 is 0 Å². The van der Waals surface area contributed by atoms with Crippen molar-refractivity contribution in [1.29, 1.82) is 0 Å². The van der Waals surface area contributed by atoms with Crippen LogP contribution >= 0.6 is 0 Å². The second-order valence-electron chi connectivity index (χ2n) is 10.6. The van der Waals surface area contributed by atoms with Gasteiger partial charge in [-0.1, -0.05) is 54.1 Å². The molecule has 0 amide bonds. The molecule has 2 N–H and O–H groups in total. The van der Waals surface area contributed by atoms with Gasteiger partial charge in [0.05, 0.1) is 11.0 Å². The smallest absolute Gasteiger partial charge is 0.136 e. The fraction of sp³-hybridized carbons (Fsp3) is 0.312. The molecule has 37 heavy (non-hydrogen) atoms. The number of carbonyl (C=O) groups is 1. The zero-order chi connectivity index (χ0) is 25.2. The van der Waals surface area contributed by atoms with Crippen molar-refractivity contribution in [3.8, 4) is 0 Å². The highest BCUT2D eigenvalue weighted by Crippen LogP contribution is 2.30. The third-order valence-electron chi connectivity index (χ3n) is 7.93. The Labute approximate surface area is 217 Å². The van der Waals surface area contributed by atoms with Gasteiger partial charge in [0.2, 0.25) is 0 Å². The van der Waals surface area contributed by atoms with Gasteiger partial charge in [0.15, 0.2) is 0 Å². The van der Waals surface area contributed by atoms with Gasteiger partial charge in [0.1, 0.15) is 11.6 Å². The van der Waals surface area contributed by atoms with Crippen molar-refractivity contribution in [2.24, 2.45) is 5.92 Å². The number of likely N-dealkylation sites (tertiary alicyclic amines) is 1. The third-order valence-corrected chi connectivity index (χ3v) is 7.93. The Bertz CT molecular complexity index is 1470. The number of aryl methyl sites for hydroxylation is 1. The summed E-state index contributed by atoms with van der Waals surface area (Å²) in [7, 11) is 0. The molecule has 0 aliphatic carbocycles. The van der Waals surface area contributed by atoms with Crippen molar-refractivity contribution < 1.29 is 4.79 Å². The number of benzene rings is 3. The van der Waals surface area contributed by atoms with Gasteiger partial charge in [0.25, 0.3) is 0 Å². The van der Waals surface area contributed by atoms with Gasteiger partial charge in [-0.05, 0) is 74.7 Å². The first-order chi connectivity index (χ1) is 18.1. The SMILES string of the molecule is Cc1ccc2[nH]cc(CN3CCC(C(=O)CC(Cc4ccccc4)c4nc5ccccc5[nH]4)CC3)c2c1. The van der Waals surface area contributed by atoms with Gasteiger partial charge in [-0.25, -0.2) is 4.98 Å². The highest BCUT2D eigenvalue weighted by molar-refractivity contribution is 5.84. The molecule has 0 spiro atoms. The summed E-state index contributed by atoms with van der Waals surface area (Å²) >= 11 is 0. The molecule has 1 atom stereocenters. The topological polar surface area (TPSA) is 64.8 Å². The standard InChI is InChI=1S/C32H34N4O/c1-22-11-12-28-27(17-22)26(20-33-28)21-36-15-13-24(14-16-36)31(37)19-25(18-23-7-3-2-4-8-23)32-34-29-9-5-6-10-30(29)35-32/h2-12,17,20,24-25,33H,13-16,18-19,21H2,1H3,(H,34,35). The predicted octanol–water partition coefficient (Wildman–Crippen LogP) is 6.55. The van der Waals surface area contributed by atoms with E-state index in [4.69, 9.17) is 4.98 Å². The Hall–Kier alpha value is -3.70. The van der Waals surface area contributed by atoms with E-state index >= 15 is 0 Å². The summed E-state index contributed by atoms with van der Waals surface area (Å²) in [5, 5.41) is 1.31. The quantitative estimate of drug-likeness (QED) is 0.259. The summed E-state index contributed by atoms with van der Waals surface area (Å²) in [4.78, 5) is 27.8. The number of aromatic amines is 2. The molecule has 1 saturated heterocycles. The van der Waals surface area contributed by atoms with E-state index in [0.29, 0.717) is 12.2 Å². The third kappa shape index (κ3) is 5.23. The van der Waals surface area contributed by atoms with Crippen LogP contribution in [0.2, 0.25) is 0 Å². The van der Waals surface area contributed by atoms with Gasteiger partial charge in [-0.15, -0.1) is 0 Å². The Morgan fingerprint density at radius 3 is 2.59 bits per heavy atom. The van der Waals surface area contributed by atoms with E-state index in [1.165, 1.54) is 27.6 Å². The molecule has 1 fully saturated rings. The van der Waals surface area contributed by atoms with Crippen LogP contribution in [0.3, 0.4) is 0 Å². The van der Waals surface area contributed by atoms with E-state index in [1.54, 1.807) is 0 Å². The first-order valence-electron chi connectivity index (χ1n) is 13.4. The molecule has 5 nitrogen and oxygen atoms in total. The average molecular weight is 491 g/mol. The molecule has 0 radical (unpaired) electrons. The number of ketones is 1. The van der Waals surface area contributed by atoms with Crippen LogP contribution in [-0.4, -0.2) is 38.7 Å². The molecule has 188 valence electrons. The monoisotopic (exact) mass is 490 g/mol. The zero-order valence-electron chi connectivity index (χ0n) is 21.4. The lowest BCUT2D eigenvalue weighted by atomic mass is 9.85. The Morgan fingerprint density at radius 2 is 1.78 bits per heavy atom. The van der Waals surface area contributed by atoms with Crippen LogP contribution in [0.15, 0.2) is 79.0 Å². The maximum Gasteiger partial charge on any atom is 0.136 e. The molecule has 1 unspecified atom stereocenters. The van der Waals surface area contributed by atoms with E-state index in [0.717, 1.165) is 55.8 Å². The maximum absolute atomic E-state index is 13.6. The van der Waals surface area contributed by atoms with E-state index in [2.05, 4.69) is 76.5 Å². The fourth-order valence-electron chi connectivity index (χ4n) is 5.82. The van der Waals surface area contributed by atoms with Gasteiger partial charge in [-0.3, -0.25) is 9.69 Å². The van der Waals surface area contributed by atoms with Gasteiger partial charge < -0.3 is 9.97 Å². The van der Waals surface area contributed by atoms with Crippen LogP contribution in [0, 0.1) is 12.8 Å². The van der Waals surface area contributed by atoms with Crippen molar-refractivity contribution in [1.82, 2.24) is 19.9 Å². The van der Waals surface area contributed by atoms with E-state index in [9.17, 15) is 4.79 Å². The minimum atomic E-state index is 0.0507. The number of Topliss-reactive ketones (excluding diaryl/α,β-unsaturated/α-hetero) is 1. The summed E-state index contributed by atoms with van der Waals surface area (Å²) in [6.07, 6.45) is 5.34. The van der Waals surface area contributed by atoms with Crippen LogP contribution in [0.5, 0.6) is 0 Å². The molecular formula is C32H34N4O. The molecule has 3 aromatic carbocycles. The number of hydrogen-bond donors (Lipinski definition) is 2. The number of nitrogens with zero attached hydrogens (tertiary/aromatic N) is 2. The second kappa shape index (κ2) is 10.3. The molecule has 6 rings (SSSR count). The molecule has 1 aliphatic rings. The Balaban J connectivity index is 1.12. The highest BCUT2D eigenvalue weighted by Gasteiger charge is 2.29. The number of H-pyrrole nitrogens is 2. The highest BCUT2D eigenvalue weighted by atomic mass is 16.1. The fourth-order valence-corrected chi connectivity index (χ4v) is 5.82. The van der Waals surface area contributed by atoms with Crippen LogP contribution in [0.1, 0.15) is 47.7 Å². The van der Waals surface area contributed by atoms with Crippen LogP contribution in [0.4, 0.5) is 0 Å². The number of aromatic nitrogens is 3. The lowest BCUT2D eigenvalue weighted by Gasteiger charge is -2.31. The number of carbonyl (C=O) groups excluding carboxylic acids is 1. The number of fused-ring (bicyclic) bond motifs is 2. The predicted molar refractivity (Wildman–Crippen MR) is 150 cm³/mol. The molecule has 3 heterocycles. The minimum absolute atomic E-state index is 0.0507. The van der Waals surface area contributed by atoms with Crippen LogP contribution in [0.25, 0.3) is 21.9 Å². The summed E-state index contributed by atoms with van der Waals surface area (Å²) < 4.78 is 0. The maximum atomic E-state index is 13.6. The minimum Gasteiger partial charge on any atom is -0.361 e. The van der Waals surface area contributed by atoms with E-state index in [1.807, 2.05) is 24.3 Å². The van der Waals surface area contributed by atoms with Crippen molar-refractivity contribution in [2.75, 3.05) is 13.1 Å². The van der Waals surface area contributed by atoms with Gasteiger partial charge in [-0.2, -0.15) is 0 Å². The molecular weight excluding hydrogens is 456 g/mol. The Morgan fingerprint density at radius 1 is 1.00 bits per heavy atom. The number of piperidine rings is 1. The molecule has 2 aromatic heterocycles. The molecule has 5 aromatic rings. The molecule has 1 aliphatic heterocycles. The number of hydrogen-bond acceptors (Lipinski definition) is 3. The Kier molecular flexibility index (Phi) is 6.62. The average Bonchev–Trinajstić information content (AvgIpc) is 3.53. The van der Waals surface area contributed by atoms with Crippen LogP contribution in [-0.2, 0) is 17.8 Å². The van der Waals surface area contributed by atoms with Gasteiger partial charge in [0, 0.05) is 41.9 Å². The zero-order valence-corrected chi connectivity index (χ0v) is 21.4. The normalized spacial score (nSPS) is 15.9. The molecule has 5 heteroatoms. The number of nitrogens with one attached hydrogen (secondary N) is 2. The van der Waals surface area contributed by atoms with E-state index < -0.39 is 0 Å². The number of rotatable bonds is 8. The van der Waals surface area contributed by atoms with Crippen LogP contribution < -0.4 is 0 Å². The van der Waals surface area contributed by atoms with E-state index in [-0.39, 0.29) is 11.8 Å². The summed E-state index contributed by atoms with van der Waals surface area (Å²) in [6, 6.07) is 25.1. The first-order valence-corrected chi connectivity index (χ1v) is 13.4. The van der Waals surface area contributed by atoms with Crippen molar-refractivity contribution in [2.45, 2.75) is 45.1 Å². The second-order valence-corrected chi connectivity index (χ2v) is 10.6. The molecule has 0 saturated carbocycles. The van der Waals surface area contributed by atoms with Crippen molar-refractivity contribution >= 4 is 27.7 Å². The van der Waals surface area contributed by atoms with Crippen molar-refractivity contribution in [3.63, 3.8) is 0 Å². The largest absolute Gasteiger partial charge is 0.361 e. The summed E-state index contributed by atoms with van der Waals surface area (Å²) in [6.45, 7) is 5.00. The number of imidazole rings is 1. The summed E-state index contributed by atoms with van der Waals surface area (Å²) in [5.74, 6) is 1.48. The molecule has 0 bridgehead atoms.